The number of carbonyl (C=O) groups excluding carboxylic acids is 1. The van der Waals surface area contributed by atoms with E-state index < -0.39 is 5.97 Å². The predicted octanol–water partition coefficient (Wildman–Crippen LogP) is 2.05. The number of carbonyl (C=O) groups is 2. The molecule has 4 nitrogen and oxygen atoms in total. The van der Waals surface area contributed by atoms with Gasteiger partial charge in [0.25, 0.3) is 0 Å². The van der Waals surface area contributed by atoms with Gasteiger partial charge in [-0.1, -0.05) is 12.2 Å². The zero-order valence-corrected chi connectivity index (χ0v) is 10.6. The Hall–Kier alpha value is -1.32. The van der Waals surface area contributed by atoms with Crippen LogP contribution in [0.5, 0.6) is 0 Å². The molecule has 0 aromatic heterocycles. The Bertz CT molecular complexity index is 310. The highest BCUT2D eigenvalue weighted by Crippen LogP contribution is 2.21. The van der Waals surface area contributed by atoms with Gasteiger partial charge in [0.2, 0.25) is 5.91 Å². The van der Waals surface area contributed by atoms with Crippen LogP contribution >= 0.6 is 0 Å². The van der Waals surface area contributed by atoms with E-state index >= 15 is 0 Å². The van der Waals surface area contributed by atoms with Gasteiger partial charge in [-0.2, -0.15) is 0 Å². The van der Waals surface area contributed by atoms with Crippen LogP contribution in [-0.2, 0) is 9.59 Å². The Morgan fingerprint density at radius 2 is 2.18 bits per heavy atom. The molecule has 0 saturated carbocycles. The van der Waals surface area contributed by atoms with Gasteiger partial charge in [-0.05, 0) is 32.6 Å². The minimum Gasteiger partial charge on any atom is -0.481 e. The van der Waals surface area contributed by atoms with Crippen LogP contribution in [0.25, 0.3) is 0 Å². The van der Waals surface area contributed by atoms with Crippen LogP contribution in [0.3, 0.4) is 0 Å². The first-order chi connectivity index (χ1) is 8.00. The Kier molecular flexibility index (Phi) is 5.19. The Labute approximate surface area is 102 Å². The lowest BCUT2D eigenvalue weighted by atomic mass is 10.0. The van der Waals surface area contributed by atoms with Crippen LogP contribution in [0.1, 0.15) is 39.5 Å². The maximum Gasteiger partial charge on any atom is 0.305 e. The summed E-state index contributed by atoms with van der Waals surface area (Å²) < 4.78 is 0. The molecular formula is C13H21NO3. The molecule has 0 bridgehead atoms. The minimum absolute atomic E-state index is 0.0183. The van der Waals surface area contributed by atoms with Crippen molar-refractivity contribution in [1.29, 1.82) is 0 Å². The third-order valence-corrected chi connectivity index (χ3v) is 3.06. The highest BCUT2D eigenvalue weighted by Gasteiger charge is 2.21. The van der Waals surface area contributed by atoms with Gasteiger partial charge in [-0.15, -0.1) is 0 Å². The molecule has 1 N–H and O–H groups in total. The second-order valence-corrected chi connectivity index (χ2v) is 4.79. The molecule has 0 fully saturated rings. The van der Waals surface area contributed by atoms with Crippen molar-refractivity contribution in [2.24, 2.45) is 5.92 Å². The molecule has 0 aliphatic heterocycles. The van der Waals surface area contributed by atoms with E-state index in [0.717, 1.165) is 12.8 Å². The van der Waals surface area contributed by atoms with Crippen molar-refractivity contribution in [2.45, 2.75) is 45.6 Å². The molecule has 1 rings (SSSR count). The van der Waals surface area contributed by atoms with Crippen LogP contribution in [-0.4, -0.2) is 34.5 Å². The third kappa shape index (κ3) is 4.59. The number of rotatable bonds is 6. The standard InChI is InChI=1S/C13H21NO3/c1-10(2)14(8-7-13(16)17)12(15)9-11-5-3-4-6-11/h3,5,10-11H,4,6-9H2,1-2H3,(H,16,17). The molecule has 0 aromatic rings. The number of allylic oxidation sites excluding steroid dienone is 2. The molecule has 0 radical (unpaired) electrons. The Morgan fingerprint density at radius 1 is 1.47 bits per heavy atom. The van der Waals surface area contributed by atoms with Gasteiger partial charge in [-0.25, -0.2) is 0 Å². The van der Waals surface area contributed by atoms with Crippen molar-refractivity contribution in [1.82, 2.24) is 4.90 Å². The summed E-state index contributed by atoms with van der Waals surface area (Å²) in [5.41, 5.74) is 0. The molecule has 1 unspecified atom stereocenters. The van der Waals surface area contributed by atoms with Crippen molar-refractivity contribution in [2.75, 3.05) is 6.54 Å². The van der Waals surface area contributed by atoms with Gasteiger partial charge in [0.1, 0.15) is 0 Å². The van der Waals surface area contributed by atoms with Crippen molar-refractivity contribution >= 4 is 11.9 Å². The van der Waals surface area contributed by atoms with Gasteiger partial charge in [-0.3, -0.25) is 9.59 Å². The summed E-state index contributed by atoms with van der Waals surface area (Å²) in [5, 5.41) is 8.66. The van der Waals surface area contributed by atoms with Crippen molar-refractivity contribution < 1.29 is 14.7 Å². The van der Waals surface area contributed by atoms with Crippen LogP contribution in [0.2, 0.25) is 0 Å². The van der Waals surface area contributed by atoms with E-state index in [-0.39, 0.29) is 18.4 Å². The van der Waals surface area contributed by atoms with Crippen molar-refractivity contribution in [3.8, 4) is 0 Å². The molecule has 1 aliphatic carbocycles. The van der Waals surface area contributed by atoms with E-state index in [1.807, 2.05) is 13.8 Å². The summed E-state index contributed by atoms with van der Waals surface area (Å²) in [6.45, 7) is 4.15. The molecule has 0 saturated heterocycles. The average Bonchev–Trinajstić information content (AvgIpc) is 2.69. The Balaban J connectivity index is 2.47. The molecule has 96 valence electrons. The lowest BCUT2D eigenvalue weighted by molar-refractivity contribution is -0.139. The fourth-order valence-electron chi connectivity index (χ4n) is 2.09. The topological polar surface area (TPSA) is 57.6 Å². The van der Waals surface area contributed by atoms with Crippen LogP contribution in [0.4, 0.5) is 0 Å². The summed E-state index contributed by atoms with van der Waals surface area (Å²) >= 11 is 0. The first kappa shape index (κ1) is 13.7. The molecule has 17 heavy (non-hydrogen) atoms. The van der Waals surface area contributed by atoms with E-state index in [2.05, 4.69) is 12.2 Å². The Morgan fingerprint density at radius 3 is 2.65 bits per heavy atom. The lowest BCUT2D eigenvalue weighted by Crippen LogP contribution is -2.39. The van der Waals surface area contributed by atoms with Gasteiger partial charge >= 0.3 is 5.97 Å². The second-order valence-electron chi connectivity index (χ2n) is 4.79. The lowest BCUT2D eigenvalue weighted by Gasteiger charge is -2.27. The molecule has 0 heterocycles. The van der Waals surface area contributed by atoms with Crippen LogP contribution in [0, 0.1) is 5.92 Å². The summed E-state index contributed by atoms with van der Waals surface area (Å²) in [4.78, 5) is 24.3. The van der Waals surface area contributed by atoms with Gasteiger partial charge < -0.3 is 10.0 Å². The summed E-state index contributed by atoms with van der Waals surface area (Å²) in [7, 11) is 0. The maximum atomic E-state index is 12.1. The van der Waals surface area contributed by atoms with Gasteiger partial charge in [0.05, 0.1) is 6.42 Å². The molecule has 1 atom stereocenters. The quantitative estimate of drug-likeness (QED) is 0.722. The second kappa shape index (κ2) is 6.42. The third-order valence-electron chi connectivity index (χ3n) is 3.06. The first-order valence-corrected chi connectivity index (χ1v) is 6.18. The van der Waals surface area contributed by atoms with E-state index in [9.17, 15) is 9.59 Å². The van der Waals surface area contributed by atoms with E-state index in [0.29, 0.717) is 18.9 Å². The van der Waals surface area contributed by atoms with Crippen LogP contribution in [0.15, 0.2) is 12.2 Å². The fourth-order valence-corrected chi connectivity index (χ4v) is 2.09. The molecule has 1 aliphatic rings. The van der Waals surface area contributed by atoms with Gasteiger partial charge in [0, 0.05) is 19.0 Å². The fraction of sp³-hybridized carbons (Fsp3) is 0.692. The summed E-state index contributed by atoms with van der Waals surface area (Å²) in [6, 6.07) is 0.0623. The number of hydrogen-bond donors (Lipinski definition) is 1. The molecule has 4 heteroatoms. The summed E-state index contributed by atoms with van der Waals surface area (Å²) in [5.74, 6) is -0.449. The number of aliphatic carboxylic acids is 1. The van der Waals surface area contributed by atoms with Crippen LogP contribution < -0.4 is 0 Å². The van der Waals surface area contributed by atoms with Gasteiger partial charge in [0.15, 0.2) is 0 Å². The monoisotopic (exact) mass is 239 g/mol. The number of nitrogens with zero attached hydrogens (tertiary/aromatic N) is 1. The molecule has 0 aromatic carbocycles. The molecular weight excluding hydrogens is 218 g/mol. The number of carboxylic acid groups (broad SMARTS) is 1. The highest BCUT2D eigenvalue weighted by atomic mass is 16.4. The number of hydrogen-bond acceptors (Lipinski definition) is 2. The van der Waals surface area contributed by atoms with E-state index in [1.54, 1.807) is 4.90 Å². The largest absolute Gasteiger partial charge is 0.481 e. The normalized spacial score (nSPS) is 18.6. The average molecular weight is 239 g/mol. The minimum atomic E-state index is -0.857. The molecule has 1 amide bonds. The first-order valence-electron chi connectivity index (χ1n) is 6.18. The SMILES string of the molecule is CC(C)N(CCC(=O)O)C(=O)CC1C=CCC1. The smallest absolute Gasteiger partial charge is 0.305 e. The molecule has 0 spiro atoms. The predicted molar refractivity (Wildman–Crippen MR) is 65.6 cm³/mol. The van der Waals surface area contributed by atoms with Crippen molar-refractivity contribution in [3.05, 3.63) is 12.2 Å². The van der Waals surface area contributed by atoms with E-state index in [4.69, 9.17) is 5.11 Å². The zero-order chi connectivity index (χ0) is 12.8. The zero-order valence-electron chi connectivity index (χ0n) is 10.6. The van der Waals surface area contributed by atoms with Crippen molar-refractivity contribution in [3.63, 3.8) is 0 Å². The number of amides is 1. The summed E-state index contributed by atoms with van der Waals surface area (Å²) in [6.07, 6.45) is 6.81. The number of carboxylic acids is 1. The van der Waals surface area contributed by atoms with E-state index in [1.165, 1.54) is 0 Å². The highest BCUT2D eigenvalue weighted by molar-refractivity contribution is 5.77. The maximum absolute atomic E-state index is 12.1.